The number of rotatable bonds is 9. The molecule has 4 nitrogen and oxygen atoms in total. The van der Waals surface area contributed by atoms with Crippen LogP contribution in [-0.4, -0.2) is 28.8 Å². The van der Waals surface area contributed by atoms with Gasteiger partial charge < -0.3 is 10.2 Å². The summed E-state index contributed by atoms with van der Waals surface area (Å²) in [6.45, 7) is 8.44. The summed E-state index contributed by atoms with van der Waals surface area (Å²) in [5.74, 6) is -0.00950. The van der Waals surface area contributed by atoms with E-state index in [2.05, 4.69) is 5.32 Å². The molecular formula is C19H30N2O2. The van der Waals surface area contributed by atoms with Gasteiger partial charge in [0.15, 0.2) is 0 Å². The van der Waals surface area contributed by atoms with Crippen molar-refractivity contribution >= 4 is 11.8 Å². The fourth-order valence-corrected chi connectivity index (χ4v) is 2.50. The Labute approximate surface area is 140 Å². The van der Waals surface area contributed by atoms with Crippen LogP contribution in [0.25, 0.3) is 0 Å². The molecule has 128 valence electrons. The molecule has 1 rings (SSSR count). The molecule has 0 fully saturated rings. The maximum atomic E-state index is 12.6. The van der Waals surface area contributed by atoms with E-state index in [4.69, 9.17) is 0 Å². The summed E-state index contributed by atoms with van der Waals surface area (Å²) in [7, 11) is 0. The average Bonchev–Trinajstić information content (AvgIpc) is 2.55. The van der Waals surface area contributed by atoms with Crippen LogP contribution in [0.2, 0.25) is 0 Å². The van der Waals surface area contributed by atoms with Crippen molar-refractivity contribution in [1.82, 2.24) is 10.2 Å². The molecule has 0 saturated carbocycles. The Hall–Kier alpha value is -1.84. The van der Waals surface area contributed by atoms with Crippen molar-refractivity contribution in [2.24, 2.45) is 0 Å². The second-order valence-corrected chi connectivity index (χ2v) is 6.00. The molecule has 2 amide bonds. The van der Waals surface area contributed by atoms with E-state index in [0.717, 1.165) is 18.4 Å². The van der Waals surface area contributed by atoms with Gasteiger partial charge in [-0.3, -0.25) is 9.59 Å². The normalized spacial score (nSPS) is 13.2. The molecule has 1 aromatic carbocycles. The first kappa shape index (κ1) is 19.2. The number of nitrogens with one attached hydrogen (secondary N) is 1. The summed E-state index contributed by atoms with van der Waals surface area (Å²) < 4.78 is 0. The van der Waals surface area contributed by atoms with E-state index >= 15 is 0 Å². The zero-order valence-electron chi connectivity index (χ0n) is 14.8. The lowest BCUT2D eigenvalue weighted by Gasteiger charge is -2.31. The molecular weight excluding hydrogens is 288 g/mol. The third-order valence-corrected chi connectivity index (χ3v) is 4.05. The fourth-order valence-electron chi connectivity index (χ4n) is 2.50. The van der Waals surface area contributed by atoms with Gasteiger partial charge in [-0.1, -0.05) is 51.1 Å². The summed E-state index contributed by atoms with van der Waals surface area (Å²) >= 11 is 0. The molecule has 0 unspecified atom stereocenters. The standard InChI is InChI=1S/C19H30N2O2/c1-5-11-18(22)21(14-16-12-9-8-10-13-16)17(7-3)19(23)20-15(4)6-2/h8-10,12-13,15,17H,5-7,11,14H2,1-4H3,(H,20,23)/t15-,17+/m0/s1. The van der Waals surface area contributed by atoms with Crippen molar-refractivity contribution in [3.05, 3.63) is 35.9 Å². The van der Waals surface area contributed by atoms with Gasteiger partial charge >= 0.3 is 0 Å². The van der Waals surface area contributed by atoms with E-state index in [1.165, 1.54) is 0 Å². The Morgan fingerprint density at radius 1 is 1.09 bits per heavy atom. The topological polar surface area (TPSA) is 49.4 Å². The van der Waals surface area contributed by atoms with E-state index in [-0.39, 0.29) is 17.9 Å². The van der Waals surface area contributed by atoms with Crippen LogP contribution in [0.1, 0.15) is 58.9 Å². The van der Waals surface area contributed by atoms with Crippen LogP contribution in [-0.2, 0) is 16.1 Å². The first-order chi connectivity index (χ1) is 11.0. The molecule has 1 aromatic rings. The van der Waals surface area contributed by atoms with Crippen LogP contribution in [0.5, 0.6) is 0 Å². The molecule has 0 radical (unpaired) electrons. The molecule has 0 heterocycles. The van der Waals surface area contributed by atoms with Gasteiger partial charge in [0, 0.05) is 19.0 Å². The number of carbonyl (C=O) groups excluding carboxylic acids is 2. The molecule has 0 spiro atoms. The summed E-state index contributed by atoms with van der Waals surface area (Å²) in [5.41, 5.74) is 1.05. The van der Waals surface area contributed by atoms with Crippen LogP contribution in [0.15, 0.2) is 30.3 Å². The minimum Gasteiger partial charge on any atom is -0.352 e. The quantitative estimate of drug-likeness (QED) is 0.757. The lowest BCUT2D eigenvalue weighted by Crippen LogP contribution is -2.50. The third kappa shape index (κ3) is 6.05. The molecule has 4 heteroatoms. The molecule has 0 saturated heterocycles. The lowest BCUT2D eigenvalue weighted by molar-refractivity contribution is -0.141. The van der Waals surface area contributed by atoms with Gasteiger partial charge in [-0.2, -0.15) is 0 Å². The van der Waals surface area contributed by atoms with Gasteiger partial charge in [0.1, 0.15) is 6.04 Å². The molecule has 0 aliphatic rings. The molecule has 0 bridgehead atoms. The van der Waals surface area contributed by atoms with E-state index in [0.29, 0.717) is 19.4 Å². The predicted molar refractivity (Wildman–Crippen MR) is 93.9 cm³/mol. The molecule has 0 aromatic heterocycles. The summed E-state index contributed by atoms with van der Waals surface area (Å²) in [6.07, 6.45) is 2.75. The highest BCUT2D eigenvalue weighted by atomic mass is 16.2. The SMILES string of the molecule is CCCC(=O)N(Cc1ccccc1)[C@H](CC)C(=O)N[C@@H](C)CC. The number of nitrogens with zero attached hydrogens (tertiary/aromatic N) is 1. The fraction of sp³-hybridized carbons (Fsp3) is 0.579. The number of benzene rings is 1. The first-order valence-corrected chi connectivity index (χ1v) is 8.67. The molecule has 23 heavy (non-hydrogen) atoms. The first-order valence-electron chi connectivity index (χ1n) is 8.67. The van der Waals surface area contributed by atoms with Crippen LogP contribution in [0.4, 0.5) is 0 Å². The van der Waals surface area contributed by atoms with E-state index in [1.54, 1.807) is 4.90 Å². The van der Waals surface area contributed by atoms with Crippen molar-refractivity contribution in [2.45, 2.75) is 72.0 Å². The van der Waals surface area contributed by atoms with Gasteiger partial charge in [0.2, 0.25) is 11.8 Å². The summed E-state index contributed by atoms with van der Waals surface area (Å²) in [5, 5.41) is 3.01. The predicted octanol–water partition coefficient (Wildman–Crippen LogP) is 3.51. The van der Waals surface area contributed by atoms with Crippen LogP contribution >= 0.6 is 0 Å². The maximum Gasteiger partial charge on any atom is 0.243 e. The smallest absolute Gasteiger partial charge is 0.243 e. The van der Waals surface area contributed by atoms with Gasteiger partial charge in [-0.05, 0) is 31.7 Å². The van der Waals surface area contributed by atoms with E-state index in [9.17, 15) is 9.59 Å². The van der Waals surface area contributed by atoms with Crippen LogP contribution in [0, 0.1) is 0 Å². The number of hydrogen-bond acceptors (Lipinski definition) is 2. The largest absolute Gasteiger partial charge is 0.352 e. The van der Waals surface area contributed by atoms with Crippen molar-refractivity contribution in [3.8, 4) is 0 Å². The minimum absolute atomic E-state index is 0.0440. The molecule has 2 atom stereocenters. The van der Waals surface area contributed by atoms with Crippen LogP contribution < -0.4 is 5.32 Å². The monoisotopic (exact) mass is 318 g/mol. The third-order valence-electron chi connectivity index (χ3n) is 4.05. The lowest BCUT2D eigenvalue weighted by atomic mass is 10.1. The minimum atomic E-state index is -0.414. The Bertz CT molecular complexity index is 487. The molecule has 0 aliphatic heterocycles. The van der Waals surface area contributed by atoms with Crippen LogP contribution in [0.3, 0.4) is 0 Å². The van der Waals surface area contributed by atoms with Crippen molar-refractivity contribution in [1.29, 1.82) is 0 Å². The highest BCUT2D eigenvalue weighted by Gasteiger charge is 2.28. The van der Waals surface area contributed by atoms with Crippen molar-refractivity contribution in [2.75, 3.05) is 0 Å². The second kappa shape index (κ2) is 10.0. The van der Waals surface area contributed by atoms with E-state index < -0.39 is 6.04 Å². The van der Waals surface area contributed by atoms with E-state index in [1.807, 2.05) is 58.0 Å². The van der Waals surface area contributed by atoms with Crippen molar-refractivity contribution < 1.29 is 9.59 Å². The zero-order valence-corrected chi connectivity index (χ0v) is 14.8. The molecule has 0 aliphatic carbocycles. The highest BCUT2D eigenvalue weighted by Crippen LogP contribution is 2.14. The Morgan fingerprint density at radius 3 is 2.26 bits per heavy atom. The zero-order chi connectivity index (χ0) is 17.2. The number of hydrogen-bond donors (Lipinski definition) is 1. The Morgan fingerprint density at radius 2 is 1.74 bits per heavy atom. The summed E-state index contributed by atoms with van der Waals surface area (Å²) in [6, 6.07) is 9.56. The Balaban J connectivity index is 2.95. The maximum absolute atomic E-state index is 12.6. The van der Waals surface area contributed by atoms with Gasteiger partial charge in [0.25, 0.3) is 0 Å². The average molecular weight is 318 g/mol. The summed E-state index contributed by atoms with van der Waals surface area (Å²) in [4.78, 5) is 26.9. The van der Waals surface area contributed by atoms with Crippen molar-refractivity contribution in [3.63, 3.8) is 0 Å². The highest BCUT2D eigenvalue weighted by molar-refractivity contribution is 5.87. The van der Waals surface area contributed by atoms with Gasteiger partial charge in [0.05, 0.1) is 0 Å². The number of carbonyl (C=O) groups is 2. The van der Waals surface area contributed by atoms with Gasteiger partial charge in [-0.15, -0.1) is 0 Å². The number of amides is 2. The Kier molecular flexibility index (Phi) is 8.38. The molecule has 1 N–H and O–H groups in total. The second-order valence-electron chi connectivity index (χ2n) is 6.00. The van der Waals surface area contributed by atoms with Gasteiger partial charge in [-0.25, -0.2) is 0 Å².